The van der Waals surface area contributed by atoms with Gasteiger partial charge in [0.25, 0.3) is 0 Å². The maximum atomic E-state index is 11.7. The number of likely N-dealkylation sites (tertiary alicyclic amines) is 1. The third-order valence-corrected chi connectivity index (χ3v) is 4.06. The highest BCUT2D eigenvalue weighted by atomic mass is 16.5. The molecule has 1 saturated heterocycles. The highest BCUT2D eigenvalue weighted by Gasteiger charge is 2.34. The third kappa shape index (κ3) is 3.20. The van der Waals surface area contributed by atoms with Gasteiger partial charge in [0.1, 0.15) is 0 Å². The molecule has 0 spiro atoms. The highest BCUT2D eigenvalue weighted by molar-refractivity contribution is 6.32. The monoisotopic (exact) mass is 241 g/mol. The molecule has 0 aromatic rings. The Morgan fingerprint density at radius 2 is 1.65 bits per heavy atom. The van der Waals surface area contributed by atoms with Crippen LogP contribution < -0.4 is 0 Å². The molecule has 0 aromatic carbocycles. The zero-order valence-electron chi connectivity index (χ0n) is 11.1. The summed E-state index contributed by atoms with van der Waals surface area (Å²) in [4.78, 5) is 24.7. The summed E-state index contributed by atoms with van der Waals surface area (Å²) < 4.78 is 4.73. The summed E-state index contributed by atoms with van der Waals surface area (Å²) in [5.41, 5.74) is 0.367. The predicted molar refractivity (Wildman–Crippen MR) is 65.5 cm³/mol. The van der Waals surface area contributed by atoms with Crippen molar-refractivity contribution in [1.29, 1.82) is 0 Å². The van der Waals surface area contributed by atoms with Gasteiger partial charge in [-0.1, -0.05) is 26.7 Å². The van der Waals surface area contributed by atoms with Gasteiger partial charge in [0, 0.05) is 13.1 Å². The second-order valence-electron chi connectivity index (χ2n) is 4.72. The lowest BCUT2D eigenvalue weighted by Crippen LogP contribution is -2.45. The van der Waals surface area contributed by atoms with Crippen molar-refractivity contribution in [2.24, 2.45) is 5.41 Å². The van der Waals surface area contributed by atoms with Crippen molar-refractivity contribution in [3.05, 3.63) is 0 Å². The zero-order valence-corrected chi connectivity index (χ0v) is 11.1. The lowest BCUT2D eigenvalue weighted by atomic mass is 9.74. The molecule has 1 amide bonds. The summed E-state index contributed by atoms with van der Waals surface area (Å²) in [5, 5.41) is 0. The number of hydrogen-bond acceptors (Lipinski definition) is 3. The van der Waals surface area contributed by atoms with Crippen molar-refractivity contribution in [2.45, 2.75) is 46.5 Å². The van der Waals surface area contributed by atoms with Crippen molar-refractivity contribution < 1.29 is 14.3 Å². The molecular weight excluding hydrogens is 218 g/mol. The number of nitrogens with zero attached hydrogens (tertiary/aromatic N) is 1. The number of esters is 1. The largest absolute Gasteiger partial charge is 0.459 e. The standard InChI is InChI=1S/C13H23NO3/c1-4-13(5-2)7-9-14(10-8-13)11(15)12(16)17-6-3/h4-10H2,1-3H3. The Kier molecular flexibility index (Phi) is 4.97. The minimum absolute atomic E-state index is 0.256. The van der Waals surface area contributed by atoms with Gasteiger partial charge in [-0.2, -0.15) is 0 Å². The molecule has 0 bridgehead atoms. The normalized spacial score (nSPS) is 18.9. The Labute approximate surface area is 103 Å². The summed E-state index contributed by atoms with van der Waals surface area (Å²) in [6, 6.07) is 0. The van der Waals surface area contributed by atoms with Gasteiger partial charge in [0.2, 0.25) is 0 Å². The van der Waals surface area contributed by atoms with Crippen molar-refractivity contribution in [1.82, 2.24) is 4.90 Å². The van der Waals surface area contributed by atoms with Crippen LogP contribution >= 0.6 is 0 Å². The molecule has 4 nitrogen and oxygen atoms in total. The van der Waals surface area contributed by atoms with E-state index in [1.807, 2.05) is 0 Å². The number of hydrogen-bond donors (Lipinski definition) is 0. The number of rotatable bonds is 3. The molecule has 0 N–H and O–H groups in total. The van der Waals surface area contributed by atoms with E-state index in [2.05, 4.69) is 13.8 Å². The molecule has 1 aliphatic heterocycles. The first-order chi connectivity index (χ1) is 8.08. The van der Waals surface area contributed by atoms with E-state index in [0.717, 1.165) is 25.7 Å². The van der Waals surface area contributed by atoms with Gasteiger partial charge < -0.3 is 9.64 Å². The zero-order chi connectivity index (χ0) is 12.9. The molecule has 17 heavy (non-hydrogen) atoms. The van der Waals surface area contributed by atoms with E-state index >= 15 is 0 Å². The smallest absolute Gasteiger partial charge is 0.397 e. The van der Waals surface area contributed by atoms with E-state index < -0.39 is 11.9 Å². The Morgan fingerprint density at radius 3 is 2.06 bits per heavy atom. The fourth-order valence-corrected chi connectivity index (χ4v) is 2.46. The van der Waals surface area contributed by atoms with Crippen LogP contribution in [0.15, 0.2) is 0 Å². The number of ether oxygens (including phenoxy) is 1. The highest BCUT2D eigenvalue weighted by Crippen LogP contribution is 2.37. The lowest BCUT2D eigenvalue weighted by Gasteiger charge is -2.40. The molecule has 0 atom stereocenters. The first-order valence-corrected chi connectivity index (χ1v) is 6.54. The van der Waals surface area contributed by atoms with Crippen LogP contribution in [0.1, 0.15) is 46.5 Å². The summed E-state index contributed by atoms with van der Waals surface area (Å²) in [5.74, 6) is -1.19. The Bertz CT molecular complexity index is 274. The van der Waals surface area contributed by atoms with Gasteiger partial charge in [-0.05, 0) is 25.2 Å². The number of carbonyl (C=O) groups is 2. The van der Waals surface area contributed by atoms with Crippen molar-refractivity contribution in [3.63, 3.8) is 0 Å². The fraction of sp³-hybridized carbons (Fsp3) is 0.846. The fourth-order valence-electron chi connectivity index (χ4n) is 2.46. The van der Waals surface area contributed by atoms with Crippen LogP contribution in [0.2, 0.25) is 0 Å². The van der Waals surface area contributed by atoms with E-state index in [9.17, 15) is 9.59 Å². The van der Waals surface area contributed by atoms with Gasteiger partial charge in [0.15, 0.2) is 0 Å². The van der Waals surface area contributed by atoms with Crippen molar-refractivity contribution >= 4 is 11.9 Å². The van der Waals surface area contributed by atoms with Crippen LogP contribution in [0, 0.1) is 5.41 Å². The summed E-state index contributed by atoms with van der Waals surface area (Å²) in [6.07, 6.45) is 4.27. The third-order valence-electron chi connectivity index (χ3n) is 4.06. The van der Waals surface area contributed by atoms with Crippen LogP contribution in [0.3, 0.4) is 0 Å². The van der Waals surface area contributed by atoms with E-state index in [1.54, 1.807) is 11.8 Å². The van der Waals surface area contributed by atoms with Crippen molar-refractivity contribution in [3.8, 4) is 0 Å². The van der Waals surface area contributed by atoms with Crippen LogP contribution in [0.5, 0.6) is 0 Å². The predicted octanol–water partition coefficient (Wildman–Crippen LogP) is 1.98. The molecule has 1 heterocycles. The average Bonchev–Trinajstić information content (AvgIpc) is 2.38. The van der Waals surface area contributed by atoms with E-state index in [0.29, 0.717) is 18.5 Å². The molecule has 0 aromatic heterocycles. The Balaban J connectivity index is 2.51. The summed E-state index contributed by atoms with van der Waals surface area (Å²) in [6.45, 7) is 7.73. The minimum Gasteiger partial charge on any atom is -0.459 e. The summed E-state index contributed by atoms with van der Waals surface area (Å²) in [7, 11) is 0. The molecule has 1 rings (SSSR count). The maximum absolute atomic E-state index is 11.7. The first kappa shape index (κ1) is 14.0. The second-order valence-corrected chi connectivity index (χ2v) is 4.72. The quantitative estimate of drug-likeness (QED) is 0.560. The van der Waals surface area contributed by atoms with Crippen LogP contribution in [0.4, 0.5) is 0 Å². The molecule has 1 fully saturated rings. The molecule has 0 radical (unpaired) electrons. The van der Waals surface area contributed by atoms with E-state index in [-0.39, 0.29) is 6.61 Å². The number of piperidine rings is 1. The number of amides is 1. The van der Waals surface area contributed by atoms with E-state index in [1.165, 1.54) is 0 Å². The SMILES string of the molecule is CCOC(=O)C(=O)N1CCC(CC)(CC)CC1. The van der Waals surface area contributed by atoms with Gasteiger partial charge in [0.05, 0.1) is 6.61 Å². The molecule has 0 unspecified atom stereocenters. The van der Waals surface area contributed by atoms with Crippen LogP contribution in [-0.2, 0) is 14.3 Å². The Morgan fingerprint density at radius 1 is 1.12 bits per heavy atom. The van der Waals surface area contributed by atoms with Gasteiger partial charge >= 0.3 is 11.9 Å². The molecule has 98 valence electrons. The Hall–Kier alpha value is -1.06. The van der Waals surface area contributed by atoms with Crippen LogP contribution in [0.25, 0.3) is 0 Å². The lowest BCUT2D eigenvalue weighted by molar-refractivity contribution is -0.161. The molecule has 0 aliphatic carbocycles. The molecular formula is C13H23NO3. The molecule has 4 heteroatoms. The minimum atomic E-state index is -0.715. The van der Waals surface area contributed by atoms with Gasteiger partial charge in [-0.15, -0.1) is 0 Å². The summed E-state index contributed by atoms with van der Waals surface area (Å²) >= 11 is 0. The molecule has 0 saturated carbocycles. The number of carbonyl (C=O) groups excluding carboxylic acids is 2. The molecule has 1 aliphatic rings. The second kappa shape index (κ2) is 6.03. The van der Waals surface area contributed by atoms with Gasteiger partial charge in [-0.3, -0.25) is 4.79 Å². The maximum Gasteiger partial charge on any atom is 0.397 e. The van der Waals surface area contributed by atoms with E-state index in [4.69, 9.17) is 4.74 Å². The first-order valence-electron chi connectivity index (χ1n) is 6.54. The van der Waals surface area contributed by atoms with Crippen LogP contribution in [-0.4, -0.2) is 36.5 Å². The van der Waals surface area contributed by atoms with Gasteiger partial charge in [-0.25, -0.2) is 4.79 Å². The topological polar surface area (TPSA) is 46.6 Å². The average molecular weight is 241 g/mol. The van der Waals surface area contributed by atoms with Crippen molar-refractivity contribution in [2.75, 3.05) is 19.7 Å².